The maximum atomic E-state index is 11.9. The van der Waals surface area contributed by atoms with Gasteiger partial charge in [0.1, 0.15) is 6.61 Å². The summed E-state index contributed by atoms with van der Waals surface area (Å²) in [6.45, 7) is 2.48. The molecule has 0 unspecified atom stereocenters. The summed E-state index contributed by atoms with van der Waals surface area (Å²) in [6, 6.07) is 11.2. The Balaban J connectivity index is 1.41. The van der Waals surface area contributed by atoms with E-state index in [9.17, 15) is 9.90 Å². The van der Waals surface area contributed by atoms with Gasteiger partial charge >= 0.3 is 6.09 Å². The molecule has 2 rings (SSSR count). The Kier molecular flexibility index (Phi) is 17.0. The van der Waals surface area contributed by atoms with Crippen molar-refractivity contribution in [3.63, 3.8) is 0 Å². The van der Waals surface area contributed by atoms with Crippen LogP contribution >= 0.6 is 0 Å². The number of hydrogen-bond donors (Lipinski definition) is 2. The molecule has 2 aromatic rings. The quantitative estimate of drug-likeness (QED) is 0.156. The van der Waals surface area contributed by atoms with E-state index in [1.165, 1.54) is 83.5 Å². The van der Waals surface area contributed by atoms with Gasteiger partial charge in [-0.05, 0) is 11.6 Å². The first-order chi connectivity index (χ1) is 18.2. The number of ether oxygens (including phenoxy) is 2. The summed E-state index contributed by atoms with van der Waals surface area (Å²) in [6.07, 6.45) is 18.5. The molecule has 2 N–H and O–H groups in total. The fraction of sp³-hybridized carbons (Fsp3) is 0.667. The highest BCUT2D eigenvalue weighted by Gasteiger charge is 2.16. The van der Waals surface area contributed by atoms with Crippen molar-refractivity contribution >= 4 is 6.09 Å². The minimum atomic E-state index is -0.717. The molecule has 0 spiro atoms. The van der Waals surface area contributed by atoms with Gasteiger partial charge in [-0.2, -0.15) is 0 Å². The Morgan fingerprint density at radius 3 is 2.03 bits per heavy atom. The van der Waals surface area contributed by atoms with E-state index in [-0.39, 0.29) is 19.1 Å². The normalized spacial score (nSPS) is 11.8. The van der Waals surface area contributed by atoms with E-state index >= 15 is 0 Å². The van der Waals surface area contributed by atoms with E-state index in [4.69, 9.17) is 14.0 Å². The zero-order valence-electron chi connectivity index (χ0n) is 22.8. The fourth-order valence-electron chi connectivity index (χ4n) is 4.25. The Labute approximate surface area is 223 Å². The lowest BCUT2D eigenvalue weighted by Crippen LogP contribution is -2.33. The van der Waals surface area contributed by atoms with Crippen LogP contribution in [-0.4, -0.2) is 42.2 Å². The van der Waals surface area contributed by atoms with Gasteiger partial charge in [0.2, 0.25) is 0 Å². The number of rotatable bonds is 22. The van der Waals surface area contributed by atoms with Crippen molar-refractivity contribution in [1.29, 1.82) is 0 Å². The second-order valence-electron chi connectivity index (χ2n) is 9.79. The molecule has 0 bridgehead atoms. The number of carbonyl (C=O) groups excluding carboxylic acids is 1. The van der Waals surface area contributed by atoms with Gasteiger partial charge in [0.25, 0.3) is 5.88 Å². The van der Waals surface area contributed by atoms with Crippen molar-refractivity contribution in [3.05, 3.63) is 36.4 Å². The summed E-state index contributed by atoms with van der Waals surface area (Å²) in [5, 5.41) is 16.2. The number of amides is 1. The van der Waals surface area contributed by atoms with Gasteiger partial charge in [-0.15, -0.1) is 0 Å². The van der Waals surface area contributed by atoms with E-state index in [1.807, 2.05) is 30.3 Å². The molecule has 1 amide bonds. The third-order valence-corrected chi connectivity index (χ3v) is 6.49. The molecule has 1 aromatic heterocycles. The minimum Gasteiger partial charge on any atom is -0.466 e. The number of aliphatic hydroxyl groups excluding tert-OH is 1. The highest BCUT2D eigenvalue weighted by molar-refractivity contribution is 5.67. The lowest BCUT2D eigenvalue weighted by molar-refractivity contribution is 0.0427. The smallest absolute Gasteiger partial charge is 0.407 e. The number of hydrogen-bond acceptors (Lipinski definition) is 6. The highest BCUT2D eigenvalue weighted by Crippen LogP contribution is 2.23. The zero-order chi connectivity index (χ0) is 26.4. The summed E-state index contributed by atoms with van der Waals surface area (Å²) in [5.74, 6) is 0.800. The van der Waals surface area contributed by atoms with Crippen LogP contribution in [-0.2, 0) is 4.74 Å². The van der Waals surface area contributed by atoms with Crippen LogP contribution in [0.25, 0.3) is 11.3 Å². The molecule has 0 aliphatic heterocycles. The van der Waals surface area contributed by atoms with Crippen molar-refractivity contribution in [3.8, 4) is 17.2 Å². The van der Waals surface area contributed by atoms with Gasteiger partial charge in [-0.25, -0.2) is 4.79 Å². The van der Waals surface area contributed by atoms with E-state index in [2.05, 4.69) is 17.4 Å². The lowest BCUT2D eigenvalue weighted by atomic mass is 10.0. The SMILES string of the molecule is CCCCCCCCCCCCCCCCCNC(=O)OC[C@H](CO)Oc1cc(-c2ccccc2)on1. The number of nitrogens with zero attached hydrogens (tertiary/aromatic N) is 1. The molecular weight excluding hydrogens is 468 g/mol. The van der Waals surface area contributed by atoms with E-state index in [0.717, 1.165) is 18.4 Å². The van der Waals surface area contributed by atoms with Crippen LogP contribution in [0, 0.1) is 0 Å². The largest absolute Gasteiger partial charge is 0.466 e. The molecule has 0 saturated carbocycles. The average molecular weight is 517 g/mol. The van der Waals surface area contributed by atoms with Crippen LogP contribution in [0.2, 0.25) is 0 Å². The minimum absolute atomic E-state index is 0.0747. The van der Waals surface area contributed by atoms with Gasteiger partial charge in [0.05, 0.1) is 6.61 Å². The van der Waals surface area contributed by atoms with E-state index < -0.39 is 12.2 Å². The van der Waals surface area contributed by atoms with Crippen LogP contribution in [0.5, 0.6) is 5.88 Å². The molecule has 1 atom stereocenters. The number of benzene rings is 1. The van der Waals surface area contributed by atoms with Crippen LogP contribution < -0.4 is 10.1 Å². The van der Waals surface area contributed by atoms with Crippen LogP contribution in [0.1, 0.15) is 103 Å². The Morgan fingerprint density at radius 2 is 1.46 bits per heavy atom. The molecule has 0 saturated heterocycles. The topological polar surface area (TPSA) is 93.8 Å². The van der Waals surface area contributed by atoms with Gasteiger partial charge in [0, 0.05) is 18.2 Å². The predicted molar refractivity (Wildman–Crippen MR) is 148 cm³/mol. The summed E-state index contributed by atoms with van der Waals surface area (Å²) in [4.78, 5) is 11.9. The number of nitrogens with one attached hydrogen (secondary N) is 1. The van der Waals surface area contributed by atoms with Crippen molar-refractivity contribution in [2.24, 2.45) is 0 Å². The van der Waals surface area contributed by atoms with Gasteiger partial charge in [0.15, 0.2) is 11.9 Å². The van der Waals surface area contributed by atoms with Crippen molar-refractivity contribution in [2.75, 3.05) is 19.8 Å². The van der Waals surface area contributed by atoms with Gasteiger partial charge in [-0.3, -0.25) is 0 Å². The number of aliphatic hydroxyl groups is 1. The second kappa shape index (κ2) is 20.5. The monoisotopic (exact) mass is 516 g/mol. The third kappa shape index (κ3) is 14.7. The number of carbonyl (C=O) groups is 1. The Morgan fingerprint density at radius 1 is 0.892 bits per heavy atom. The zero-order valence-corrected chi connectivity index (χ0v) is 22.8. The van der Waals surface area contributed by atoms with Crippen molar-refractivity contribution in [2.45, 2.75) is 109 Å². The van der Waals surface area contributed by atoms with E-state index in [0.29, 0.717) is 12.3 Å². The molecule has 0 fully saturated rings. The molecule has 208 valence electrons. The first-order valence-electron chi connectivity index (χ1n) is 14.4. The highest BCUT2D eigenvalue weighted by atomic mass is 16.6. The van der Waals surface area contributed by atoms with Crippen LogP contribution in [0.15, 0.2) is 40.9 Å². The fourth-order valence-corrected chi connectivity index (χ4v) is 4.25. The van der Waals surface area contributed by atoms with Crippen molar-refractivity contribution < 1.29 is 23.9 Å². The average Bonchev–Trinajstić information content (AvgIpc) is 3.40. The molecule has 7 heteroatoms. The number of aromatic nitrogens is 1. The first kappa shape index (κ1) is 30.7. The van der Waals surface area contributed by atoms with Crippen LogP contribution in [0.4, 0.5) is 4.79 Å². The van der Waals surface area contributed by atoms with E-state index in [1.54, 1.807) is 6.07 Å². The second-order valence-corrected chi connectivity index (χ2v) is 9.79. The molecule has 0 aliphatic rings. The summed E-state index contributed by atoms with van der Waals surface area (Å²) in [7, 11) is 0. The first-order valence-corrected chi connectivity index (χ1v) is 14.4. The van der Waals surface area contributed by atoms with Gasteiger partial charge < -0.3 is 24.4 Å². The third-order valence-electron chi connectivity index (χ3n) is 6.49. The molecule has 7 nitrogen and oxygen atoms in total. The van der Waals surface area contributed by atoms with Crippen LogP contribution in [0.3, 0.4) is 0 Å². The molecule has 1 aromatic carbocycles. The predicted octanol–water partition coefficient (Wildman–Crippen LogP) is 7.68. The summed E-state index contributed by atoms with van der Waals surface area (Å²) in [5.41, 5.74) is 0.875. The Bertz CT molecular complexity index is 811. The summed E-state index contributed by atoms with van der Waals surface area (Å²) >= 11 is 0. The Hall–Kier alpha value is -2.54. The molecule has 0 radical (unpaired) electrons. The maximum Gasteiger partial charge on any atom is 0.407 e. The summed E-state index contributed by atoms with van der Waals surface area (Å²) < 4.78 is 16.1. The standard InChI is InChI=1S/C30H48N2O5/c1-2-3-4-5-6-7-8-9-10-11-12-13-14-15-19-22-31-30(34)35-25-27(24-33)36-29-23-28(37-32-29)26-20-17-16-18-21-26/h16-18,20-21,23,27,33H,2-15,19,22,24-25H2,1H3,(H,31,34)/t27-/m0/s1. The molecule has 37 heavy (non-hydrogen) atoms. The maximum absolute atomic E-state index is 11.9. The molecule has 1 heterocycles. The van der Waals surface area contributed by atoms with Crippen molar-refractivity contribution in [1.82, 2.24) is 10.5 Å². The number of alkyl carbamates (subject to hydrolysis) is 1. The molecule has 0 aliphatic carbocycles. The molecular formula is C30H48N2O5. The number of unbranched alkanes of at least 4 members (excludes halogenated alkanes) is 14. The lowest BCUT2D eigenvalue weighted by Gasteiger charge is -2.15. The van der Waals surface area contributed by atoms with Gasteiger partial charge in [-0.1, -0.05) is 127 Å².